The number of benzene rings is 1. The smallest absolute Gasteiger partial charge is 0.191 e. The van der Waals surface area contributed by atoms with E-state index in [1.165, 1.54) is 31.4 Å². The molecule has 0 radical (unpaired) electrons. The SMILES string of the molecule is CCNC(=NCC(OC)c1ccc(F)cc1)NC1CCC(SC)C1. The predicted molar refractivity (Wildman–Crippen MR) is 100 cm³/mol. The van der Waals surface area contributed by atoms with Crippen LogP contribution in [0.4, 0.5) is 4.39 Å². The summed E-state index contributed by atoms with van der Waals surface area (Å²) in [4.78, 5) is 4.67. The third kappa shape index (κ3) is 5.67. The van der Waals surface area contributed by atoms with Gasteiger partial charge < -0.3 is 15.4 Å². The largest absolute Gasteiger partial charge is 0.375 e. The van der Waals surface area contributed by atoms with Crippen LogP contribution in [0.15, 0.2) is 29.3 Å². The Morgan fingerprint density at radius 1 is 1.38 bits per heavy atom. The van der Waals surface area contributed by atoms with Crippen LogP contribution >= 0.6 is 11.8 Å². The number of thioether (sulfide) groups is 1. The lowest BCUT2D eigenvalue weighted by Crippen LogP contribution is -2.42. The molecule has 3 atom stereocenters. The van der Waals surface area contributed by atoms with Gasteiger partial charge in [-0.25, -0.2) is 4.39 Å². The number of aliphatic imine (C=N–C) groups is 1. The summed E-state index contributed by atoms with van der Waals surface area (Å²) >= 11 is 1.95. The molecule has 1 saturated carbocycles. The molecule has 1 aromatic carbocycles. The Morgan fingerprint density at radius 3 is 2.71 bits per heavy atom. The van der Waals surface area contributed by atoms with Crippen LogP contribution in [0, 0.1) is 5.82 Å². The van der Waals surface area contributed by atoms with Crippen molar-refractivity contribution in [3.63, 3.8) is 0 Å². The van der Waals surface area contributed by atoms with Gasteiger partial charge in [-0.3, -0.25) is 4.99 Å². The fourth-order valence-electron chi connectivity index (χ4n) is 2.97. The van der Waals surface area contributed by atoms with Crippen molar-refractivity contribution in [3.8, 4) is 0 Å². The number of guanidine groups is 1. The van der Waals surface area contributed by atoms with Crippen LogP contribution in [-0.2, 0) is 4.74 Å². The molecule has 0 aromatic heterocycles. The molecule has 24 heavy (non-hydrogen) atoms. The minimum Gasteiger partial charge on any atom is -0.375 e. The fraction of sp³-hybridized carbons (Fsp3) is 0.611. The first-order valence-corrected chi connectivity index (χ1v) is 9.81. The lowest BCUT2D eigenvalue weighted by molar-refractivity contribution is 0.111. The molecule has 1 aliphatic carbocycles. The molecule has 2 N–H and O–H groups in total. The van der Waals surface area contributed by atoms with E-state index in [9.17, 15) is 4.39 Å². The number of halogens is 1. The Bertz CT molecular complexity index is 524. The van der Waals surface area contributed by atoms with Crippen molar-refractivity contribution in [1.29, 1.82) is 0 Å². The number of nitrogens with one attached hydrogen (secondary N) is 2. The Hall–Kier alpha value is -1.27. The van der Waals surface area contributed by atoms with Gasteiger partial charge >= 0.3 is 0 Å². The number of methoxy groups -OCH3 is 1. The van der Waals surface area contributed by atoms with Gasteiger partial charge in [-0.15, -0.1) is 0 Å². The van der Waals surface area contributed by atoms with Crippen LogP contribution in [0.3, 0.4) is 0 Å². The summed E-state index contributed by atoms with van der Waals surface area (Å²) in [6, 6.07) is 6.89. The molecule has 1 aromatic rings. The highest BCUT2D eigenvalue weighted by Crippen LogP contribution is 2.28. The molecular weight excluding hydrogens is 325 g/mol. The molecule has 134 valence electrons. The van der Waals surface area contributed by atoms with E-state index < -0.39 is 0 Å². The van der Waals surface area contributed by atoms with Gasteiger partial charge in [-0.05, 0) is 50.1 Å². The average molecular weight is 354 g/mol. The molecule has 4 nitrogen and oxygen atoms in total. The first kappa shape index (κ1) is 19.1. The number of nitrogens with zero attached hydrogens (tertiary/aromatic N) is 1. The topological polar surface area (TPSA) is 45.7 Å². The maximum Gasteiger partial charge on any atom is 0.191 e. The molecule has 6 heteroatoms. The zero-order chi connectivity index (χ0) is 17.4. The minimum atomic E-state index is -0.239. The van der Waals surface area contributed by atoms with Crippen LogP contribution in [0.1, 0.15) is 37.9 Å². The second kappa shape index (κ2) is 9.89. The Labute approximate surface area is 148 Å². The molecule has 0 spiro atoms. The minimum absolute atomic E-state index is 0.177. The van der Waals surface area contributed by atoms with Crippen molar-refractivity contribution < 1.29 is 9.13 Å². The normalized spacial score (nSPS) is 22.4. The van der Waals surface area contributed by atoms with Crippen molar-refractivity contribution in [1.82, 2.24) is 10.6 Å². The summed E-state index contributed by atoms with van der Waals surface area (Å²) in [5.74, 6) is 0.588. The lowest BCUT2D eigenvalue weighted by atomic mass is 10.1. The van der Waals surface area contributed by atoms with E-state index in [2.05, 4.69) is 28.8 Å². The molecule has 0 heterocycles. The quantitative estimate of drug-likeness (QED) is 0.583. The first-order chi connectivity index (χ1) is 11.7. The zero-order valence-electron chi connectivity index (χ0n) is 14.7. The average Bonchev–Trinajstić information content (AvgIpc) is 3.04. The highest BCUT2D eigenvalue weighted by molar-refractivity contribution is 7.99. The molecule has 0 bridgehead atoms. The van der Waals surface area contributed by atoms with Crippen LogP contribution in [0.25, 0.3) is 0 Å². The maximum absolute atomic E-state index is 13.1. The molecule has 1 fully saturated rings. The summed E-state index contributed by atoms with van der Waals surface area (Å²) in [5, 5.41) is 7.58. The molecule has 0 amide bonds. The monoisotopic (exact) mass is 353 g/mol. The van der Waals surface area contributed by atoms with Gasteiger partial charge in [0.1, 0.15) is 11.9 Å². The van der Waals surface area contributed by atoms with Gasteiger partial charge in [0, 0.05) is 24.9 Å². The molecule has 0 aliphatic heterocycles. The van der Waals surface area contributed by atoms with E-state index in [0.717, 1.165) is 23.3 Å². The second-order valence-electron chi connectivity index (χ2n) is 6.01. The zero-order valence-corrected chi connectivity index (χ0v) is 15.5. The highest BCUT2D eigenvalue weighted by atomic mass is 32.2. The van der Waals surface area contributed by atoms with E-state index >= 15 is 0 Å². The summed E-state index contributed by atoms with van der Waals surface area (Å²) in [5.41, 5.74) is 0.932. The van der Waals surface area contributed by atoms with Crippen molar-refractivity contribution in [2.24, 2.45) is 4.99 Å². The van der Waals surface area contributed by atoms with E-state index in [0.29, 0.717) is 12.6 Å². The van der Waals surface area contributed by atoms with Crippen LogP contribution in [0.2, 0.25) is 0 Å². The van der Waals surface area contributed by atoms with Crippen molar-refractivity contribution in [2.45, 2.75) is 43.6 Å². The summed E-state index contributed by atoms with van der Waals surface area (Å²) in [7, 11) is 1.66. The van der Waals surface area contributed by atoms with Gasteiger partial charge in [0.25, 0.3) is 0 Å². The predicted octanol–water partition coefficient (Wildman–Crippen LogP) is 3.35. The van der Waals surface area contributed by atoms with Gasteiger partial charge in [0.2, 0.25) is 0 Å². The van der Waals surface area contributed by atoms with Crippen LogP contribution in [-0.4, -0.2) is 43.7 Å². The van der Waals surface area contributed by atoms with Gasteiger partial charge in [0.15, 0.2) is 5.96 Å². The summed E-state index contributed by atoms with van der Waals surface area (Å²) < 4.78 is 18.6. The molecule has 2 rings (SSSR count). The number of hydrogen-bond donors (Lipinski definition) is 2. The van der Waals surface area contributed by atoms with Gasteiger partial charge in [-0.2, -0.15) is 11.8 Å². The Balaban J connectivity index is 1.96. The van der Waals surface area contributed by atoms with Gasteiger partial charge in [0.05, 0.1) is 6.54 Å². The first-order valence-electron chi connectivity index (χ1n) is 8.52. The summed E-state index contributed by atoms with van der Waals surface area (Å²) in [6.45, 7) is 3.37. The van der Waals surface area contributed by atoms with Crippen LogP contribution < -0.4 is 10.6 Å². The number of ether oxygens (including phenoxy) is 1. The van der Waals surface area contributed by atoms with Crippen molar-refractivity contribution >= 4 is 17.7 Å². The van der Waals surface area contributed by atoms with Crippen molar-refractivity contribution in [2.75, 3.05) is 26.5 Å². The Kier molecular flexibility index (Phi) is 7.85. The third-order valence-corrected chi connectivity index (χ3v) is 5.44. The van der Waals surface area contributed by atoms with E-state index in [-0.39, 0.29) is 11.9 Å². The maximum atomic E-state index is 13.1. The fourth-order valence-corrected chi connectivity index (χ4v) is 3.76. The molecule has 0 saturated heterocycles. The standard InChI is InChI=1S/C18H28FN3OS/c1-4-20-18(22-15-9-10-16(11-15)24-3)21-12-17(23-2)13-5-7-14(19)8-6-13/h5-8,15-17H,4,9-12H2,1-3H3,(H2,20,21,22). The molecular formula is C18H28FN3OS. The second-order valence-corrected chi connectivity index (χ2v) is 7.15. The van der Waals surface area contributed by atoms with E-state index in [1.807, 2.05) is 11.8 Å². The summed E-state index contributed by atoms with van der Waals surface area (Å²) in [6.07, 6.45) is 5.62. The Morgan fingerprint density at radius 2 is 2.12 bits per heavy atom. The van der Waals surface area contributed by atoms with Crippen molar-refractivity contribution in [3.05, 3.63) is 35.6 Å². The number of hydrogen-bond acceptors (Lipinski definition) is 3. The number of rotatable bonds is 7. The molecule has 3 unspecified atom stereocenters. The van der Waals surface area contributed by atoms with Gasteiger partial charge in [-0.1, -0.05) is 12.1 Å². The third-order valence-electron chi connectivity index (χ3n) is 4.34. The highest BCUT2D eigenvalue weighted by Gasteiger charge is 2.24. The lowest BCUT2D eigenvalue weighted by Gasteiger charge is -2.19. The van der Waals surface area contributed by atoms with E-state index in [1.54, 1.807) is 19.2 Å². The van der Waals surface area contributed by atoms with E-state index in [4.69, 9.17) is 4.74 Å². The molecule has 1 aliphatic rings. The van der Waals surface area contributed by atoms with Crippen LogP contribution in [0.5, 0.6) is 0 Å².